The van der Waals surface area contributed by atoms with Gasteiger partial charge in [0.05, 0.1) is 18.3 Å². The van der Waals surface area contributed by atoms with Crippen molar-refractivity contribution in [2.75, 3.05) is 13.2 Å². The summed E-state index contributed by atoms with van der Waals surface area (Å²) in [6, 6.07) is 8.11. The van der Waals surface area contributed by atoms with Crippen molar-refractivity contribution >= 4 is 6.03 Å². The maximum atomic E-state index is 12.7. The van der Waals surface area contributed by atoms with E-state index in [9.17, 15) is 9.90 Å². The van der Waals surface area contributed by atoms with Gasteiger partial charge in [-0.25, -0.2) is 4.79 Å². The number of aliphatic hydroxyl groups excluding tert-OH is 1. The van der Waals surface area contributed by atoms with E-state index in [2.05, 4.69) is 27.6 Å². The number of carbonyl (C=O) groups excluding carboxylic acids is 1. The van der Waals surface area contributed by atoms with Crippen LogP contribution in [0, 0.1) is 13.8 Å². The Morgan fingerprint density at radius 1 is 1.42 bits per heavy atom. The number of hydrogen-bond donors (Lipinski definition) is 3. The van der Waals surface area contributed by atoms with E-state index >= 15 is 0 Å². The van der Waals surface area contributed by atoms with Crippen LogP contribution in [0.2, 0.25) is 0 Å². The molecule has 1 atom stereocenters. The number of aromatic amines is 1. The average molecular weight is 328 g/mol. The quantitative estimate of drug-likeness (QED) is 0.787. The number of nitrogens with one attached hydrogen (secondary N) is 2. The zero-order valence-electron chi connectivity index (χ0n) is 14.2. The van der Waals surface area contributed by atoms with Crippen LogP contribution in [-0.4, -0.2) is 39.4 Å². The number of rotatable bonds is 5. The van der Waals surface area contributed by atoms with Crippen molar-refractivity contribution in [1.82, 2.24) is 20.4 Å². The average Bonchev–Trinajstić information content (AvgIpc) is 3.14. The molecule has 6 nitrogen and oxygen atoms in total. The number of aromatic nitrogens is 2. The summed E-state index contributed by atoms with van der Waals surface area (Å²) in [6.45, 7) is 4.58. The number of benzene rings is 1. The predicted molar refractivity (Wildman–Crippen MR) is 91.6 cm³/mol. The molecule has 0 saturated carbocycles. The van der Waals surface area contributed by atoms with E-state index < -0.39 is 0 Å². The number of urea groups is 1. The summed E-state index contributed by atoms with van der Waals surface area (Å²) in [5.41, 5.74) is 5.36. The summed E-state index contributed by atoms with van der Waals surface area (Å²) in [4.78, 5) is 14.5. The summed E-state index contributed by atoms with van der Waals surface area (Å²) in [7, 11) is 0. The SMILES string of the molecule is Cc1n[nH]c(C)c1CNC(=O)N(CCO)C1CCc2ccccc21. The number of hydrogen-bond acceptors (Lipinski definition) is 3. The molecule has 0 bridgehead atoms. The standard InChI is InChI=1S/C18H24N4O2/c1-12-16(13(2)21-20-12)11-19-18(24)22(9-10-23)17-8-7-14-5-3-4-6-15(14)17/h3-6,17,23H,7-11H2,1-2H3,(H,19,24)(H,20,21). The molecule has 0 aliphatic heterocycles. The fourth-order valence-corrected chi connectivity index (χ4v) is 3.47. The van der Waals surface area contributed by atoms with E-state index in [4.69, 9.17) is 0 Å². The number of carbonyl (C=O) groups is 1. The molecule has 1 unspecified atom stereocenters. The molecule has 2 aromatic rings. The van der Waals surface area contributed by atoms with Crippen LogP contribution in [0.1, 0.15) is 40.5 Å². The van der Waals surface area contributed by atoms with Crippen molar-refractivity contribution in [3.8, 4) is 0 Å². The monoisotopic (exact) mass is 328 g/mol. The van der Waals surface area contributed by atoms with Gasteiger partial charge in [0.1, 0.15) is 0 Å². The highest BCUT2D eigenvalue weighted by atomic mass is 16.3. The molecule has 2 amide bonds. The molecule has 24 heavy (non-hydrogen) atoms. The Kier molecular flexibility index (Phi) is 4.85. The molecular formula is C18H24N4O2. The second-order valence-electron chi connectivity index (χ2n) is 6.24. The Balaban J connectivity index is 1.73. The first-order chi connectivity index (χ1) is 11.6. The zero-order valence-corrected chi connectivity index (χ0v) is 14.2. The lowest BCUT2D eigenvalue weighted by atomic mass is 10.1. The summed E-state index contributed by atoms with van der Waals surface area (Å²) in [6.07, 6.45) is 1.87. The maximum absolute atomic E-state index is 12.7. The van der Waals surface area contributed by atoms with Crippen LogP contribution in [0.4, 0.5) is 4.79 Å². The van der Waals surface area contributed by atoms with Gasteiger partial charge < -0.3 is 15.3 Å². The zero-order chi connectivity index (χ0) is 17.1. The van der Waals surface area contributed by atoms with Crippen LogP contribution < -0.4 is 5.32 Å². The Hall–Kier alpha value is -2.34. The molecule has 1 heterocycles. The van der Waals surface area contributed by atoms with E-state index in [0.29, 0.717) is 13.1 Å². The van der Waals surface area contributed by atoms with Gasteiger partial charge in [-0.05, 0) is 37.8 Å². The van der Waals surface area contributed by atoms with Crippen molar-refractivity contribution in [3.63, 3.8) is 0 Å². The molecule has 1 aliphatic rings. The number of nitrogens with zero attached hydrogens (tertiary/aromatic N) is 2. The van der Waals surface area contributed by atoms with Gasteiger partial charge in [0.25, 0.3) is 0 Å². The summed E-state index contributed by atoms with van der Waals surface area (Å²) >= 11 is 0. The fraction of sp³-hybridized carbons (Fsp3) is 0.444. The Labute approximate surface area is 141 Å². The highest BCUT2D eigenvalue weighted by molar-refractivity contribution is 5.75. The number of aliphatic hydroxyl groups is 1. The normalized spacial score (nSPS) is 16.0. The van der Waals surface area contributed by atoms with Gasteiger partial charge in [-0.1, -0.05) is 24.3 Å². The Bertz CT molecular complexity index is 706. The van der Waals surface area contributed by atoms with Crippen LogP contribution in [0.15, 0.2) is 24.3 Å². The molecule has 1 aliphatic carbocycles. The smallest absolute Gasteiger partial charge is 0.318 e. The van der Waals surface area contributed by atoms with Crippen LogP contribution in [0.25, 0.3) is 0 Å². The second-order valence-corrected chi connectivity index (χ2v) is 6.24. The van der Waals surface area contributed by atoms with Gasteiger partial charge in [-0.3, -0.25) is 5.10 Å². The van der Waals surface area contributed by atoms with Crippen molar-refractivity contribution in [3.05, 3.63) is 52.3 Å². The molecule has 0 saturated heterocycles. The molecular weight excluding hydrogens is 304 g/mol. The Morgan fingerprint density at radius 2 is 2.21 bits per heavy atom. The van der Waals surface area contributed by atoms with E-state index in [1.165, 1.54) is 11.1 Å². The highest BCUT2D eigenvalue weighted by Gasteiger charge is 2.30. The third-order valence-corrected chi connectivity index (χ3v) is 4.78. The lowest BCUT2D eigenvalue weighted by Gasteiger charge is -2.29. The molecule has 128 valence electrons. The van der Waals surface area contributed by atoms with Gasteiger partial charge >= 0.3 is 6.03 Å². The van der Waals surface area contributed by atoms with Crippen molar-refractivity contribution in [1.29, 1.82) is 0 Å². The number of H-pyrrole nitrogens is 1. The van der Waals surface area contributed by atoms with E-state index in [1.807, 2.05) is 26.0 Å². The first kappa shape index (κ1) is 16.5. The molecule has 3 rings (SSSR count). The molecule has 3 N–H and O–H groups in total. The van der Waals surface area contributed by atoms with E-state index in [0.717, 1.165) is 29.8 Å². The van der Waals surface area contributed by atoms with Gasteiger partial charge in [-0.15, -0.1) is 0 Å². The molecule has 1 aromatic carbocycles. The number of fused-ring (bicyclic) bond motifs is 1. The lowest BCUT2D eigenvalue weighted by Crippen LogP contribution is -2.43. The lowest BCUT2D eigenvalue weighted by molar-refractivity contribution is 0.151. The van der Waals surface area contributed by atoms with Gasteiger partial charge in [0.15, 0.2) is 0 Å². The minimum Gasteiger partial charge on any atom is -0.395 e. The maximum Gasteiger partial charge on any atom is 0.318 e. The largest absolute Gasteiger partial charge is 0.395 e. The van der Waals surface area contributed by atoms with Crippen molar-refractivity contribution in [2.24, 2.45) is 0 Å². The number of amides is 2. The Morgan fingerprint density at radius 3 is 2.92 bits per heavy atom. The van der Waals surface area contributed by atoms with Crippen LogP contribution >= 0.6 is 0 Å². The van der Waals surface area contributed by atoms with Crippen molar-refractivity contribution in [2.45, 2.75) is 39.3 Å². The third-order valence-electron chi connectivity index (χ3n) is 4.78. The second kappa shape index (κ2) is 7.05. The third kappa shape index (κ3) is 3.14. The summed E-state index contributed by atoms with van der Waals surface area (Å²) < 4.78 is 0. The number of aryl methyl sites for hydroxylation is 3. The minimum atomic E-state index is -0.147. The van der Waals surface area contributed by atoms with Crippen LogP contribution in [-0.2, 0) is 13.0 Å². The van der Waals surface area contributed by atoms with E-state index in [-0.39, 0.29) is 18.7 Å². The molecule has 0 fully saturated rings. The van der Waals surface area contributed by atoms with Gasteiger partial charge in [0.2, 0.25) is 0 Å². The van der Waals surface area contributed by atoms with Crippen LogP contribution in [0.5, 0.6) is 0 Å². The fourth-order valence-electron chi connectivity index (χ4n) is 3.47. The van der Waals surface area contributed by atoms with Crippen molar-refractivity contribution < 1.29 is 9.90 Å². The minimum absolute atomic E-state index is 0.0277. The summed E-state index contributed by atoms with van der Waals surface area (Å²) in [5, 5.41) is 19.5. The molecule has 0 radical (unpaired) electrons. The molecule has 0 spiro atoms. The predicted octanol–water partition coefficient (Wildman–Crippen LogP) is 2.22. The summed E-state index contributed by atoms with van der Waals surface area (Å²) in [5.74, 6) is 0. The van der Waals surface area contributed by atoms with Gasteiger partial charge in [-0.2, -0.15) is 5.10 Å². The van der Waals surface area contributed by atoms with Gasteiger partial charge in [0, 0.05) is 24.3 Å². The topological polar surface area (TPSA) is 81.2 Å². The molecule has 6 heteroatoms. The first-order valence-electron chi connectivity index (χ1n) is 8.35. The molecule has 1 aromatic heterocycles. The van der Waals surface area contributed by atoms with E-state index in [1.54, 1.807) is 4.90 Å². The first-order valence-corrected chi connectivity index (χ1v) is 8.35. The highest BCUT2D eigenvalue weighted by Crippen LogP contribution is 2.35. The van der Waals surface area contributed by atoms with Crippen LogP contribution in [0.3, 0.4) is 0 Å².